The van der Waals surface area contributed by atoms with Crippen LogP contribution in [-0.2, 0) is 6.42 Å². The molecule has 1 nitrogen and oxygen atoms in total. The predicted molar refractivity (Wildman–Crippen MR) is 73.2 cm³/mol. The van der Waals surface area contributed by atoms with Crippen LogP contribution in [0.3, 0.4) is 0 Å². The van der Waals surface area contributed by atoms with Gasteiger partial charge in [-0.2, -0.15) is 0 Å². The van der Waals surface area contributed by atoms with Gasteiger partial charge in [-0.05, 0) is 54.7 Å². The van der Waals surface area contributed by atoms with Crippen molar-refractivity contribution in [2.75, 3.05) is 0 Å². The van der Waals surface area contributed by atoms with Crippen LogP contribution < -0.4 is 4.74 Å². The van der Waals surface area contributed by atoms with E-state index >= 15 is 0 Å². The van der Waals surface area contributed by atoms with Crippen LogP contribution in [0, 0.1) is 17.8 Å². The summed E-state index contributed by atoms with van der Waals surface area (Å²) in [5.41, 5.74) is 2.66. The molecule has 3 aliphatic rings. The van der Waals surface area contributed by atoms with Crippen molar-refractivity contribution in [2.24, 2.45) is 17.8 Å². The molecular formula is C16H19ClO. The lowest BCUT2D eigenvalue weighted by molar-refractivity contribution is 0.254. The first-order valence-corrected chi connectivity index (χ1v) is 7.61. The summed E-state index contributed by atoms with van der Waals surface area (Å²) in [5, 5.41) is 0.224. The predicted octanol–water partition coefficient (Wildman–Crippen LogP) is 4.34. The van der Waals surface area contributed by atoms with Gasteiger partial charge in [0.2, 0.25) is 0 Å². The number of alkyl halides is 1. The first-order valence-electron chi connectivity index (χ1n) is 7.17. The normalized spacial score (nSPS) is 37.9. The van der Waals surface area contributed by atoms with Crippen molar-refractivity contribution in [3.63, 3.8) is 0 Å². The van der Waals surface area contributed by atoms with Crippen LogP contribution in [0.15, 0.2) is 18.2 Å². The van der Waals surface area contributed by atoms with E-state index in [1.807, 2.05) is 0 Å². The molecule has 0 spiro atoms. The summed E-state index contributed by atoms with van der Waals surface area (Å²) in [6, 6.07) is 6.56. The lowest BCUT2D eigenvalue weighted by atomic mass is 9.99. The van der Waals surface area contributed by atoms with Gasteiger partial charge in [0.15, 0.2) is 0 Å². The van der Waals surface area contributed by atoms with E-state index in [2.05, 4.69) is 25.1 Å². The summed E-state index contributed by atoms with van der Waals surface area (Å²) in [4.78, 5) is 0. The van der Waals surface area contributed by atoms with E-state index in [9.17, 15) is 0 Å². The minimum Gasteiger partial charge on any atom is -0.490 e. The van der Waals surface area contributed by atoms with E-state index in [-0.39, 0.29) is 5.38 Å². The third-order valence-electron chi connectivity index (χ3n) is 5.05. The molecule has 2 fully saturated rings. The van der Waals surface area contributed by atoms with Gasteiger partial charge >= 0.3 is 0 Å². The second kappa shape index (κ2) is 3.90. The monoisotopic (exact) mass is 262 g/mol. The van der Waals surface area contributed by atoms with E-state index < -0.39 is 0 Å². The molecule has 0 N–H and O–H groups in total. The molecule has 1 aromatic carbocycles. The lowest BCUT2D eigenvalue weighted by Gasteiger charge is -2.13. The molecule has 1 heterocycles. The van der Waals surface area contributed by atoms with Gasteiger partial charge in [0.05, 0.1) is 5.38 Å². The van der Waals surface area contributed by atoms with E-state index in [0.717, 1.165) is 29.9 Å². The first-order chi connectivity index (χ1) is 8.74. The van der Waals surface area contributed by atoms with Crippen molar-refractivity contribution >= 4 is 11.6 Å². The van der Waals surface area contributed by atoms with E-state index in [4.69, 9.17) is 16.3 Å². The number of hydrogen-bond acceptors (Lipinski definition) is 1. The van der Waals surface area contributed by atoms with Crippen LogP contribution in [0.2, 0.25) is 0 Å². The fourth-order valence-corrected chi connectivity index (χ4v) is 4.66. The minimum absolute atomic E-state index is 0.224. The van der Waals surface area contributed by atoms with E-state index in [0.29, 0.717) is 6.10 Å². The Balaban J connectivity index is 1.57. The highest BCUT2D eigenvalue weighted by Gasteiger charge is 2.55. The van der Waals surface area contributed by atoms with E-state index in [1.165, 1.54) is 30.4 Å². The van der Waals surface area contributed by atoms with Crippen LogP contribution in [0.25, 0.3) is 0 Å². The van der Waals surface area contributed by atoms with Gasteiger partial charge in [-0.15, -0.1) is 11.6 Å². The number of rotatable bonds is 2. The molecule has 2 heteroatoms. The molecule has 0 radical (unpaired) electrons. The van der Waals surface area contributed by atoms with Crippen molar-refractivity contribution in [3.8, 4) is 5.75 Å². The summed E-state index contributed by atoms with van der Waals surface area (Å²) >= 11 is 6.70. The quantitative estimate of drug-likeness (QED) is 0.721. The molecule has 1 aliphatic heterocycles. The van der Waals surface area contributed by atoms with Gasteiger partial charge in [0.25, 0.3) is 0 Å². The average molecular weight is 263 g/mol. The van der Waals surface area contributed by atoms with Gasteiger partial charge in [0, 0.05) is 6.42 Å². The van der Waals surface area contributed by atoms with Crippen LogP contribution >= 0.6 is 11.6 Å². The zero-order valence-corrected chi connectivity index (χ0v) is 11.5. The third-order valence-corrected chi connectivity index (χ3v) is 5.59. The first kappa shape index (κ1) is 11.2. The fourth-order valence-electron chi connectivity index (χ4n) is 4.15. The molecule has 96 valence electrons. The molecule has 4 atom stereocenters. The second-order valence-electron chi connectivity index (χ2n) is 6.24. The maximum absolute atomic E-state index is 6.70. The molecule has 4 rings (SSSR count). The molecule has 2 saturated carbocycles. The molecule has 0 bridgehead atoms. The lowest BCUT2D eigenvalue weighted by Crippen LogP contribution is -2.05. The standard InChI is InChI=1S/C16H19ClO/c1-9-7-11-8-10(5-6-14(11)18-9)16(17)15-12-3-2-4-13(12)15/h5-6,8-9,12-13,15-16H,2-4,7H2,1H3. The zero-order chi connectivity index (χ0) is 12.3. The van der Waals surface area contributed by atoms with Gasteiger partial charge in [0.1, 0.15) is 11.9 Å². The van der Waals surface area contributed by atoms with Crippen molar-refractivity contribution in [1.82, 2.24) is 0 Å². The molecule has 2 aliphatic carbocycles. The highest BCUT2D eigenvalue weighted by atomic mass is 35.5. The van der Waals surface area contributed by atoms with E-state index in [1.54, 1.807) is 0 Å². The van der Waals surface area contributed by atoms with Gasteiger partial charge in [-0.25, -0.2) is 0 Å². The molecule has 4 unspecified atom stereocenters. The van der Waals surface area contributed by atoms with Crippen molar-refractivity contribution in [2.45, 2.75) is 44.1 Å². The Labute approximate surface area is 113 Å². The van der Waals surface area contributed by atoms with Crippen molar-refractivity contribution < 1.29 is 4.74 Å². The molecule has 0 aromatic heterocycles. The molecule has 0 amide bonds. The molecule has 1 aromatic rings. The van der Waals surface area contributed by atoms with Crippen LogP contribution in [-0.4, -0.2) is 6.10 Å². The number of hydrogen-bond donors (Lipinski definition) is 0. The van der Waals surface area contributed by atoms with Gasteiger partial charge in [-0.3, -0.25) is 0 Å². The Morgan fingerprint density at radius 1 is 1.28 bits per heavy atom. The molecule has 0 saturated heterocycles. The maximum Gasteiger partial charge on any atom is 0.123 e. The Bertz CT molecular complexity index is 474. The number of halogens is 1. The SMILES string of the molecule is CC1Cc2cc(C(Cl)C3C4CCCC43)ccc2O1. The number of benzene rings is 1. The summed E-state index contributed by atoms with van der Waals surface area (Å²) < 4.78 is 5.75. The topological polar surface area (TPSA) is 9.23 Å². The van der Waals surface area contributed by atoms with Gasteiger partial charge < -0.3 is 4.74 Å². The summed E-state index contributed by atoms with van der Waals surface area (Å²) in [5.74, 6) is 3.66. The number of ether oxygens (including phenoxy) is 1. The smallest absolute Gasteiger partial charge is 0.123 e. The Morgan fingerprint density at radius 3 is 2.83 bits per heavy atom. The second-order valence-corrected chi connectivity index (χ2v) is 6.71. The maximum atomic E-state index is 6.70. The average Bonchev–Trinajstić information content (AvgIpc) is 2.74. The Morgan fingerprint density at radius 2 is 2.06 bits per heavy atom. The third kappa shape index (κ3) is 1.60. The Hall–Kier alpha value is -0.690. The van der Waals surface area contributed by atoms with Crippen LogP contribution in [0.1, 0.15) is 42.7 Å². The summed E-state index contributed by atoms with van der Waals surface area (Å²) in [7, 11) is 0. The molecular weight excluding hydrogens is 244 g/mol. The van der Waals surface area contributed by atoms with Crippen molar-refractivity contribution in [1.29, 1.82) is 0 Å². The highest BCUT2D eigenvalue weighted by Crippen LogP contribution is 2.64. The van der Waals surface area contributed by atoms with Crippen LogP contribution in [0.5, 0.6) is 5.75 Å². The van der Waals surface area contributed by atoms with Gasteiger partial charge in [-0.1, -0.05) is 18.6 Å². The molecule has 18 heavy (non-hydrogen) atoms. The van der Waals surface area contributed by atoms with Crippen molar-refractivity contribution in [3.05, 3.63) is 29.3 Å². The highest BCUT2D eigenvalue weighted by molar-refractivity contribution is 6.21. The summed E-state index contributed by atoms with van der Waals surface area (Å²) in [6.07, 6.45) is 5.59. The Kier molecular flexibility index (Phi) is 2.42. The number of fused-ring (bicyclic) bond motifs is 2. The zero-order valence-electron chi connectivity index (χ0n) is 10.7. The van der Waals surface area contributed by atoms with Crippen LogP contribution in [0.4, 0.5) is 0 Å². The summed E-state index contributed by atoms with van der Waals surface area (Å²) in [6.45, 7) is 2.13. The largest absolute Gasteiger partial charge is 0.490 e. The minimum atomic E-state index is 0.224. The fraction of sp³-hybridized carbons (Fsp3) is 0.625.